The van der Waals surface area contributed by atoms with Crippen LogP contribution in [0, 0.1) is 16.2 Å². The maximum atomic E-state index is 11.9. The van der Waals surface area contributed by atoms with Crippen molar-refractivity contribution in [2.45, 2.75) is 71.6 Å². The topological polar surface area (TPSA) is 17.1 Å². The third-order valence-corrected chi connectivity index (χ3v) is 6.39. The van der Waals surface area contributed by atoms with Gasteiger partial charge in [0.05, 0.1) is 0 Å². The number of Topliss-reactive ketones (excluding diaryl/α,β-unsaturated/α-hetero) is 1. The molecule has 3 atom stereocenters. The highest BCUT2D eigenvalue weighted by Gasteiger charge is 2.83. The Hall–Kier alpha value is -0.330. The Labute approximate surface area is 99.0 Å². The smallest absolute Gasteiger partial charge is 0.136 e. The molecule has 3 unspecified atom stereocenters. The van der Waals surface area contributed by atoms with Crippen LogP contribution in [-0.4, -0.2) is 5.78 Å². The van der Waals surface area contributed by atoms with E-state index in [2.05, 4.69) is 6.92 Å². The molecule has 0 N–H and O–H groups in total. The van der Waals surface area contributed by atoms with Gasteiger partial charge in [0.2, 0.25) is 0 Å². The van der Waals surface area contributed by atoms with E-state index in [-0.39, 0.29) is 5.41 Å². The Morgan fingerprint density at radius 1 is 1.12 bits per heavy atom. The van der Waals surface area contributed by atoms with E-state index >= 15 is 0 Å². The van der Waals surface area contributed by atoms with Crippen molar-refractivity contribution in [3.8, 4) is 0 Å². The second-order valence-electron chi connectivity index (χ2n) is 6.63. The fourth-order valence-corrected chi connectivity index (χ4v) is 5.29. The Balaban J connectivity index is 1.73. The molecule has 3 saturated carbocycles. The Bertz CT molecular complexity index is 330. The minimum Gasteiger partial charge on any atom is -0.299 e. The summed E-state index contributed by atoms with van der Waals surface area (Å²) in [6.45, 7) is 4.12. The first kappa shape index (κ1) is 10.8. The van der Waals surface area contributed by atoms with Gasteiger partial charge in [-0.25, -0.2) is 0 Å². The molecule has 0 aromatic heterocycles. The van der Waals surface area contributed by atoms with Gasteiger partial charge < -0.3 is 0 Å². The van der Waals surface area contributed by atoms with Crippen molar-refractivity contribution in [2.24, 2.45) is 16.2 Å². The van der Waals surface area contributed by atoms with Crippen LogP contribution >= 0.6 is 0 Å². The highest BCUT2D eigenvalue weighted by Crippen LogP contribution is 2.89. The lowest BCUT2D eigenvalue weighted by Gasteiger charge is -2.47. The lowest BCUT2D eigenvalue weighted by atomic mass is 9.55. The van der Waals surface area contributed by atoms with E-state index in [1.807, 2.05) is 6.92 Å². The zero-order valence-corrected chi connectivity index (χ0v) is 10.8. The number of hydrogen-bond acceptors (Lipinski definition) is 1. The van der Waals surface area contributed by atoms with E-state index in [9.17, 15) is 4.79 Å². The average molecular weight is 220 g/mol. The van der Waals surface area contributed by atoms with Crippen LogP contribution in [0.1, 0.15) is 71.6 Å². The number of ketones is 1. The van der Waals surface area contributed by atoms with Crippen LogP contribution in [0.5, 0.6) is 0 Å². The predicted molar refractivity (Wildman–Crippen MR) is 65.2 cm³/mol. The van der Waals surface area contributed by atoms with Crippen LogP contribution < -0.4 is 0 Å². The molecule has 0 aliphatic heterocycles. The normalized spacial score (nSPS) is 48.1. The minimum atomic E-state index is 0.166. The van der Waals surface area contributed by atoms with E-state index < -0.39 is 0 Å². The van der Waals surface area contributed by atoms with Crippen LogP contribution in [0.4, 0.5) is 0 Å². The van der Waals surface area contributed by atoms with E-state index in [1.165, 1.54) is 57.8 Å². The number of carbonyl (C=O) groups is 1. The molecule has 0 bridgehead atoms. The second kappa shape index (κ2) is 3.11. The number of rotatable bonds is 5. The van der Waals surface area contributed by atoms with Crippen LogP contribution in [-0.2, 0) is 4.79 Å². The number of hydrogen-bond donors (Lipinski definition) is 0. The summed E-state index contributed by atoms with van der Waals surface area (Å²) in [5, 5.41) is 0. The van der Waals surface area contributed by atoms with Crippen molar-refractivity contribution in [1.82, 2.24) is 0 Å². The van der Waals surface area contributed by atoms with Gasteiger partial charge in [-0.1, -0.05) is 26.2 Å². The zero-order valence-electron chi connectivity index (χ0n) is 10.8. The van der Waals surface area contributed by atoms with Gasteiger partial charge in [-0.15, -0.1) is 0 Å². The molecular formula is C15H24O. The lowest BCUT2D eigenvalue weighted by molar-refractivity contribution is -0.139. The molecule has 1 heteroatoms. The molecule has 0 heterocycles. The van der Waals surface area contributed by atoms with E-state index in [4.69, 9.17) is 0 Å². The third-order valence-electron chi connectivity index (χ3n) is 6.39. The van der Waals surface area contributed by atoms with E-state index in [0.29, 0.717) is 16.6 Å². The largest absolute Gasteiger partial charge is 0.299 e. The fraction of sp³-hybridized carbons (Fsp3) is 0.933. The lowest BCUT2D eigenvalue weighted by Crippen LogP contribution is -2.46. The first-order valence-electron chi connectivity index (χ1n) is 7.14. The molecule has 0 aromatic rings. The van der Waals surface area contributed by atoms with Gasteiger partial charge in [0.1, 0.15) is 5.78 Å². The Morgan fingerprint density at radius 3 is 2.38 bits per heavy atom. The summed E-state index contributed by atoms with van der Waals surface area (Å²) in [7, 11) is 0. The summed E-state index contributed by atoms with van der Waals surface area (Å²) < 4.78 is 0. The van der Waals surface area contributed by atoms with E-state index in [0.717, 1.165) is 0 Å². The minimum absolute atomic E-state index is 0.166. The number of unbranched alkanes of at least 4 members (excludes halogenated alkanes) is 2. The molecule has 1 nitrogen and oxygen atoms in total. The molecular weight excluding hydrogens is 196 g/mol. The van der Waals surface area contributed by atoms with Gasteiger partial charge in [-0.05, 0) is 56.3 Å². The van der Waals surface area contributed by atoms with Crippen molar-refractivity contribution in [2.75, 3.05) is 0 Å². The number of carbonyl (C=O) groups excluding carboxylic acids is 1. The second-order valence-corrected chi connectivity index (χ2v) is 6.63. The van der Waals surface area contributed by atoms with Gasteiger partial charge in [-0.2, -0.15) is 0 Å². The van der Waals surface area contributed by atoms with Gasteiger partial charge in [0.15, 0.2) is 0 Å². The van der Waals surface area contributed by atoms with Crippen molar-refractivity contribution < 1.29 is 4.79 Å². The van der Waals surface area contributed by atoms with E-state index in [1.54, 1.807) is 0 Å². The third kappa shape index (κ3) is 0.966. The maximum absolute atomic E-state index is 11.9. The summed E-state index contributed by atoms with van der Waals surface area (Å²) in [6.07, 6.45) is 12.0. The van der Waals surface area contributed by atoms with Crippen LogP contribution in [0.2, 0.25) is 0 Å². The summed E-state index contributed by atoms with van der Waals surface area (Å²) in [4.78, 5) is 11.9. The first-order valence-corrected chi connectivity index (χ1v) is 7.14. The summed E-state index contributed by atoms with van der Waals surface area (Å²) in [5.41, 5.74) is 1.31. The summed E-state index contributed by atoms with van der Waals surface area (Å²) >= 11 is 0. The average Bonchev–Trinajstić information content (AvgIpc) is 2.85. The monoisotopic (exact) mass is 220 g/mol. The van der Waals surface area contributed by atoms with Gasteiger partial charge >= 0.3 is 0 Å². The van der Waals surface area contributed by atoms with Crippen molar-refractivity contribution >= 4 is 5.78 Å². The highest BCUT2D eigenvalue weighted by atomic mass is 16.1. The summed E-state index contributed by atoms with van der Waals surface area (Å²) in [6, 6.07) is 0. The molecule has 16 heavy (non-hydrogen) atoms. The van der Waals surface area contributed by atoms with Crippen LogP contribution in [0.3, 0.4) is 0 Å². The molecule has 90 valence electrons. The maximum Gasteiger partial charge on any atom is 0.136 e. The molecule has 3 rings (SSSR count). The standard InChI is InChI=1S/C15H24O/c1-3-4-5-6-13-7-8-14(12(2)16)9-10-15(13,14)11-13/h3-11H2,1-2H3. The van der Waals surface area contributed by atoms with Gasteiger partial charge in [0.25, 0.3) is 0 Å². The predicted octanol–water partition coefficient (Wildman–Crippen LogP) is 4.11. The fourth-order valence-electron chi connectivity index (χ4n) is 5.29. The van der Waals surface area contributed by atoms with Crippen molar-refractivity contribution in [1.29, 1.82) is 0 Å². The highest BCUT2D eigenvalue weighted by molar-refractivity contribution is 5.86. The molecule has 3 aliphatic carbocycles. The Morgan fingerprint density at radius 2 is 1.88 bits per heavy atom. The van der Waals surface area contributed by atoms with Gasteiger partial charge in [-0.3, -0.25) is 4.79 Å². The van der Waals surface area contributed by atoms with Gasteiger partial charge in [0, 0.05) is 5.41 Å². The molecule has 0 aromatic carbocycles. The molecule has 0 saturated heterocycles. The quantitative estimate of drug-likeness (QED) is 0.637. The summed E-state index contributed by atoms with van der Waals surface area (Å²) in [5.74, 6) is 0.508. The molecule has 3 fully saturated rings. The van der Waals surface area contributed by atoms with Crippen LogP contribution in [0.25, 0.3) is 0 Å². The molecule has 1 spiro atoms. The molecule has 3 aliphatic rings. The van der Waals surface area contributed by atoms with Crippen LogP contribution in [0.15, 0.2) is 0 Å². The molecule has 0 radical (unpaired) electrons. The Kier molecular flexibility index (Phi) is 2.10. The SMILES string of the molecule is CCCCCC12CCC3(C(C)=O)CCC13C2. The van der Waals surface area contributed by atoms with Crippen molar-refractivity contribution in [3.05, 3.63) is 0 Å². The van der Waals surface area contributed by atoms with Crippen molar-refractivity contribution in [3.63, 3.8) is 0 Å². The zero-order chi connectivity index (χ0) is 11.4. The first-order chi connectivity index (χ1) is 7.63. The molecule has 0 amide bonds.